The number of anilines is 1. The van der Waals surface area contributed by atoms with Crippen molar-refractivity contribution in [3.05, 3.63) is 89.8 Å². The Balaban J connectivity index is 1.45. The lowest BCUT2D eigenvalue weighted by atomic mass is 9.81. The summed E-state index contributed by atoms with van der Waals surface area (Å²) in [5, 5.41) is 6.53. The van der Waals surface area contributed by atoms with E-state index in [2.05, 4.69) is 20.6 Å². The lowest BCUT2D eigenvalue weighted by Gasteiger charge is -2.43. The van der Waals surface area contributed by atoms with E-state index < -0.39 is 16.9 Å². The molecule has 0 spiro atoms. The van der Waals surface area contributed by atoms with Gasteiger partial charge in [0.15, 0.2) is 5.82 Å². The summed E-state index contributed by atoms with van der Waals surface area (Å²) in [5.41, 5.74) is -0.0746. The Morgan fingerprint density at radius 1 is 1.09 bits per heavy atom. The van der Waals surface area contributed by atoms with Gasteiger partial charge >= 0.3 is 0 Å². The summed E-state index contributed by atoms with van der Waals surface area (Å²) < 4.78 is 28.3. The number of nitrogens with zero attached hydrogens (tertiary/aromatic N) is 3. The SMILES string of the molecule is O=C(NC1N[C@@]2(c3ccccc3F)CN(c3ncc(F)cn3)C[C@H]2CS1)c1ccccc1. The number of rotatable bonds is 4. The van der Waals surface area contributed by atoms with Crippen LogP contribution in [0.5, 0.6) is 0 Å². The van der Waals surface area contributed by atoms with Gasteiger partial charge < -0.3 is 10.2 Å². The van der Waals surface area contributed by atoms with Crippen molar-refractivity contribution in [2.45, 2.75) is 11.0 Å². The molecule has 0 bridgehead atoms. The first kappa shape index (κ1) is 20.8. The lowest BCUT2D eigenvalue weighted by Crippen LogP contribution is -2.61. The Morgan fingerprint density at radius 3 is 2.56 bits per heavy atom. The van der Waals surface area contributed by atoms with Crippen molar-refractivity contribution in [3.8, 4) is 0 Å². The van der Waals surface area contributed by atoms with Crippen LogP contribution in [0.15, 0.2) is 67.0 Å². The van der Waals surface area contributed by atoms with Gasteiger partial charge in [0.2, 0.25) is 5.95 Å². The summed E-state index contributed by atoms with van der Waals surface area (Å²) >= 11 is 1.57. The fraction of sp³-hybridized carbons (Fsp3) is 0.261. The van der Waals surface area contributed by atoms with Gasteiger partial charge in [-0.15, -0.1) is 11.8 Å². The zero-order valence-electron chi connectivity index (χ0n) is 17.0. The Labute approximate surface area is 188 Å². The van der Waals surface area contributed by atoms with E-state index in [1.54, 1.807) is 36.0 Å². The van der Waals surface area contributed by atoms with Crippen LogP contribution in [0.1, 0.15) is 15.9 Å². The molecule has 6 nitrogen and oxygen atoms in total. The summed E-state index contributed by atoms with van der Waals surface area (Å²) in [7, 11) is 0. The van der Waals surface area contributed by atoms with Crippen molar-refractivity contribution in [2.75, 3.05) is 23.7 Å². The molecular formula is C23H21F2N5OS. The van der Waals surface area contributed by atoms with Gasteiger partial charge in [-0.3, -0.25) is 10.1 Å². The zero-order valence-corrected chi connectivity index (χ0v) is 17.9. The number of halogens is 2. The maximum absolute atomic E-state index is 15.0. The average Bonchev–Trinajstić information content (AvgIpc) is 3.20. The van der Waals surface area contributed by atoms with E-state index in [0.29, 0.717) is 35.9 Å². The minimum atomic E-state index is -0.761. The van der Waals surface area contributed by atoms with Gasteiger partial charge in [-0.25, -0.2) is 18.7 Å². The minimum absolute atomic E-state index is 0.0305. The largest absolute Gasteiger partial charge is 0.338 e. The highest BCUT2D eigenvalue weighted by atomic mass is 32.2. The lowest BCUT2D eigenvalue weighted by molar-refractivity contribution is 0.0933. The van der Waals surface area contributed by atoms with E-state index in [9.17, 15) is 9.18 Å². The van der Waals surface area contributed by atoms with Gasteiger partial charge in [0.25, 0.3) is 5.91 Å². The first-order chi connectivity index (χ1) is 15.5. The molecule has 3 heterocycles. The van der Waals surface area contributed by atoms with Crippen molar-refractivity contribution in [1.29, 1.82) is 0 Å². The standard InChI is InChI=1S/C23H21F2N5OS/c24-17-10-26-21(27-11-17)30-12-16-13-32-22(28-20(31)15-6-2-1-3-7-15)29-23(16,14-30)18-8-4-5-9-19(18)25/h1-11,16,22,29H,12-14H2,(H,28,31)/t16-,22?,23-/m0/s1. The van der Waals surface area contributed by atoms with E-state index in [-0.39, 0.29) is 17.6 Å². The van der Waals surface area contributed by atoms with Crippen LogP contribution in [0.3, 0.4) is 0 Å². The summed E-state index contributed by atoms with van der Waals surface area (Å²) in [4.78, 5) is 22.9. The molecule has 2 fully saturated rings. The van der Waals surface area contributed by atoms with Gasteiger partial charge in [-0.05, 0) is 18.2 Å². The van der Waals surface area contributed by atoms with E-state index in [4.69, 9.17) is 0 Å². The third-order valence-electron chi connectivity index (χ3n) is 5.97. The van der Waals surface area contributed by atoms with Crippen LogP contribution >= 0.6 is 11.8 Å². The molecule has 0 saturated carbocycles. The second-order valence-electron chi connectivity index (χ2n) is 7.93. The Morgan fingerprint density at radius 2 is 1.81 bits per heavy atom. The number of carbonyl (C=O) groups excluding carboxylic acids is 1. The van der Waals surface area contributed by atoms with Crippen LogP contribution in [0.4, 0.5) is 14.7 Å². The number of hydrogen-bond donors (Lipinski definition) is 2. The molecule has 1 unspecified atom stereocenters. The van der Waals surface area contributed by atoms with E-state index >= 15 is 4.39 Å². The van der Waals surface area contributed by atoms with Gasteiger partial charge in [-0.2, -0.15) is 0 Å². The highest BCUT2D eigenvalue weighted by Crippen LogP contribution is 2.44. The average molecular weight is 454 g/mol. The van der Waals surface area contributed by atoms with Crippen molar-refractivity contribution >= 4 is 23.6 Å². The van der Waals surface area contributed by atoms with Crippen LogP contribution < -0.4 is 15.5 Å². The molecule has 9 heteroatoms. The zero-order chi connectivity index (χ0) is 22.1. The highest BCUT2D eigenvalue weighted by Gasteiger charge is 2.53. The molecule has 0 radical (unpaired) electrons. The third-order valence-corrected chi connectivity index (χ3v) is 7.14. The highest BCUT2D eigenvalue weighted by molar-refractivity contribution is 7.99. The van der Waals surface area contributed by atoms with Gasteiger partial charge in [0.05, 0.1) is 17.9 Å². The van der Waals surface area contributed by atoms with Gasteiger partial charge in [0.1, 0.15) is 11.3 Å². The first-order valence-corrected chi connectivity index (χ1v) is 11.3. The number of benzene rings is 2. The molecule has 2 N–H and O–H groups in total. The molecule has 0 aliphatic carbocycles. The van der Waals surface area contributed by atoms with Crippen molar-refractivity contribution in [3.63, 3.8) is 0 Å². The molecule has 2 aliphatic heterocycles. The summed E-state index contributed by atoms with van der Waals surface area (Å²) in [6, 6.07) is 15.7. The van der Waals surface area contributed by atoms with Gasteiger partial charge in [-0.1, -0.05) is 36.4 Å². The van der Waals surface area contributed by atoms with Crippen LogP contribution in [0.25, 0.3) is 0 Å². The molecule has 1 amide bonds. The molecule has 2 saturated heterocycles. The molecule has 1 aromatic heterocycles. The molecule has 5 rings (SSSR count). The maximum Gasteiger partial charge on any atom is 0.253 e. The first-order valence-electron chi connectivity index (χ1n) is 10.3. The fourth-order valence-corrected chi connectivity index (χ4v) is 5.76. The topological polar surface area (TPSA) is 70.2 Å². The molecule has 164 valence electrons. The number of aromatic nitrogens is 2. The Bertz CT molecular complexity index is 1120. The van der Waals surface area contributed by atoms with E-state index in [1.165, 1.54) is 6.07 Å². The number of amides is 1. The molecule has 3 atom stereocenters. The Kier molecular flexibility index (Phi) is 5.52. The van der Waals surface area contributed by atoms with Crippen molar-refractivity contribution < 1.29 is 13.6 Å². The van der Waals surface area contributed by atoms with Crippen LogP contribution in [-0.2, 0) is 5.54 Å². The fourth-order valence-electron chi connectivity index (χ4n) is 4.46. The van der Waals surface area contributed by atoms with Crippen molar-refractivity contribution in [2.24, 2.45) is 5.92 Å². The van der Waals surface area contributed by atoms with Gasteiger partial charge in [0, 0.05) is 35.9 Å². The molecule has 32 heavy (non-hydrogen) atoms. The summed E-state index contributed by atoms with van der Waals surface area (Å²) in [6.07, 6.45) is 2.26. The van der Waals surface area contributed by atoms with E-state index in [1.807, 2.05) is 29.2 Å². The second-order valence-corrected chi connectivity index (χ2v) is 9.07. The monoisotopic (exact) mass is 453 g/mol. The predicted molar refractivity (Wildman–Crippen MR) is 119 cm³/mol. The van der Waals surface area contributed by atoms with Crippen molar-refractivity contribution in [1.82, 2.24) is 20.6 Å². The second kappa shape index (κ2) is 8.48. The van der Waals surface area contributed by atoms with Crippen LogP contribution in [0, 0.1) is 17.6 Å². The quantitative estimate of drug-likeness (QED) is 0.633. The van der Waals surface area contributed by atoms with Crippen LogP contribution in [0.2, 0.25) is 0 Å². The smallest absolute Gasteiger partial charge is 0.253 e. The van der Waals surface area contributed by atoms with E-state index in [0.717, 1.165) is 12.4 Å². The minimum Gasteiger partial charge on any atom is -0.338 e. The summed E-state index contributed by atoms with van der Waals surface area (Å²) in [6.45, 7) is 0.974. The molecular weight excluding hydrogens is 432 g/mol. The maximum atomic E-state index is 15.0. The Hall–Kier alpha value is -3.04. The number of hydrogen-bond acceptors (Lipinski definition) is 6. The molecule has 2 aliphatic rings. The number of fused-ring (bicyclic) bond motifs is 1. The number of carbonyl (C=O) groups is 1. The normalized spacial score (nSPS) is 24.8. The predicted octanol–water partition coefficient (Wildman–Crippen LogP) is 3.14. The third kappa shape index (κ3) is 3.82. The molecule has 3 aromatic rings. The summed E-state index contributed by atoms with van der Waals surface area (Å²) in [5.74, 6) is 0.0997. The number of nitrogens with one attached hydrogen (secondary N) is 2. The molecule has 2 aromatic carbocycles. The number of thioether (sulfide) groups is 1. The van der Waals surface area contributed by atoms with Crippen LogP contribution in [-0.4, -0.2) is 40.2 Å².